The first-order chi connectivity index (χ1) is 8.88. The van der Waals surface area contributed by atoms with E-state index in [2.05, 4.69) is 0 Å². The highest BCUT2D eigenvalue weighted by atomic mass is 32.2. The lowest BCUT2D eigenvalue weighted by Crippen LogP contribution is -2.08. The molecule has 1 unspecified atom stereocenters. The topological polar surface area (TPSA) is 33.0 Å². The van der Waals surface area contributed by atoms with Crippen molar-refractivity contribution >= 4 is 11.8 Å². The Kier molecular flexibility index (Phi) is 5.55. The van der Waals surface area contributed by atoms with Gasteiger partial charge in [0.15, 0.2) is 0 Å². The molecule has 0 saturated heterocycles. The van der Waals surface area contributed by atoms with Crippen LogP contribution in [0.15, 0.2) is 18.2 Å². The quantitative estimate of drug-likeness (QED) is 0.765. The molecule has 0 aliphatic rings. The summed E-state index contributed by atoms with van der Waals surface area (Å²) in [5, 5.41) is 10.4. The molecule has 0 heterocycles. The number of hydrogen-bond acceptors (Lipinski definition) is 3. The molecule has 0 radical (unpaired) electrons. The first-order valence-corrected chi connectivity index (χ1v) is 6.62. The van der Waals surface area contributed by atoms with Gasteiger partial charge in [-0.25, -0.2) is 0 Å². The number of thiocyanates is 1. The van der Waals surface area contributed by atoms with E-state index in [0.29, 0.717) is 12.2 Å². The third-order valence-electron chi connectivity index (χ3n) is 2.62. The van der Waals surface area contributed by atoms with Crippen LogP contribution >= 0.6 is 11.8 Å². The second-order valence-electron chi connectivity index (χ2n) is 4.24. The Labute approximate surface area is 114 Å². The van der Waals surface area contributed by atoms with Gasteiger partial charge >= 0.3 is 6.18 Å². The van der Waals surface area contributed by atoms with Gasteiger partial charge in [0.1, 0.15) is 11.2 Å². The number of thioether (sulfide) groups is 1. The number of methoxy groups -OCH3 is 1. The van der Waals surface area contributed by atoms with Crippen molar-refractivity contribution in [2.75, 3.05) is 12.9 Å². The molecule has 0 saturated carbocycles. The van der Waals surface area contributed by atoms with Gasteiger partial charge in [-0.1, -0.05) is 13.0 Å². The van der Waals surface area contributed by atoms with Gasteiger partial charge in [-0.3, -0.25) is 0 Å². The average molecular weight is 289 g/mol. The zero-order chi connectivity index (χ0) is 14.5. The molecule has 2 nitrogen and oxygen atoms in total. The Morgan fingerprint density at radius 1 is 1.42 bits per heavy atom. The largest absolute Gasteiger partial charge is 0.496 e. The van der Waals surface area contributed by atoms with Crippen LogP contribution in [0.1, 0.15) is 18.1 Å². The fraction of sp³-hybridized carbons (Fsp3) is 0.462. The highest BCUT2D eigenvalue weighted by molar-refractivity contribution is 8.03. The SMILES string of the molecule is COc1cc(C(F)(F)F)ccc1CC(C)CSC#N. The van der Waals surface area contributed by atoms with E-state index < -0.39 is 11.7 Å². The lowest BCUT2D eigenvalue weighted by atomic mass is 10.0. The fourth-order valence-electron chi connectivity index (χ4n) is 1.70. The third kappa shape index (κ3) is 4.67. The Morgan fingerprint density at radius 2 is 2.11 bits per heavy atom. The molecule has 1 rings (SSSR count). The molecular weight excluding hydrogens is 275 g/mol. The zero-order valence-corrected chi connectivity index (χ0v) is 11.4. The monoisotopic (exact) mass is 289 g/mol. The van der Waals surface area contributed by atoms with E-state index in [1.165, 1.54) is 13.2 Å². The van der Waals surface area contributed by atoms with Crippen molar-refractivity contribution in [1.29, 1.82) is 5.26 Å². The molecule has 0 amide bonds. The summed E-state index contributed by atoms with van der Waals surface area (Å²) in [5.74, 6) is 1.07. The van der Waals surface area contributed by atoms with Crippen molar-refractivity contribution in [3.63, 3.8) is 0 Å². The summed E-state index contributed by atoms with van der Waals surface area (Å²) in [5.41, 5.74) is 0.00805. The molecule has 0 bridgehead atoms. The van der Waals surface area contributed by atoms with Crippen LogP contribution in [0.4, 0.5) is 13.2 Å². The number of ether oxygens (including phenoxy) is 1. The number of benzene rings is 1. The third-order valence-corrected chi connectivity index (χ3v) is 3.48. The van der Waals surface area contributed by atoms with Crippen molar-refractivity contribution in [1.82, 2.24) is 0 Å². The fourth-order valence-corrected chi connectivity index (χ4v) is 2.18. The van der Waals surface area contributed by atoms with Crippen molar-refractivity contribution in [2.45, 2.75) is 19.5 Å². The summed E-state index contributed by atoms with van der Waals surface area (Å²) in [7, 11) is 1.35. The Balaban J connectivity index is 2.88. The van der Waals surface area contributed by atoms with Crippen molar-refractivity contribution in [3.05, 3.63) is 29.3 Å². The number of alkyl halides is 3. The lowest BCUT2D eigenvalue weighted by Gasteiger charge is -2.15. The maximum absolute atomic E-state index is 12.6. The average Bonchev–Trinajstić information content (AvgIpc) is 2.35. The standard InChI is InChI=1S/C13H14F3NOS/c1-9(7-19-8-17)5-10-3-4-11(13(14,15)16)6-12(10)18-2/h3-4,6,9H,5,7H2,1-2H3. The van der Waals surface area contributed by atoms with E-state index in [1.807, 2.05) is 12.3 Å². The number of nitrogens with zero attached hydrogens (tertiary/aromatic N) is 1. The Hall–Kier alpha value is -1.35. The minimum Gasteiger partial charge on any atom is -0.496 e. The Bertz CT molecular complexity index is 468. The molecule has 0 aliphatic heterocycles. The number of halogens is 3. The molecule has 1 aromatic carbocycles. The highest BCUT2D eigenvalue weighted by Gasteiger charge is 2.31. The van der Waals surface area contributed by atoms with E-state index in [0.717, 1.165) is 29.5 Å². The van der Waals surface area contributed by atoms with E-state index in [9.17, 15) is 13.2 Å². The minimum atomic E-state index is -4.37. The van der Waals surface area contributed by atoms with Gasteiger partial charge in [0.05, 0.1) is 12.7 Å². The van der Waals surface area contributed by atoms with Gasteiger partial charge in [0.25, 0.3) is 0 Å². The molecule has 19 heavy (non-hydrogen) atoms. The van der Waals surface area contributed by atoms with Gasteiger partial charge in [0.2, 0.25) is 0 Å². The minimum absolute atomic E-state index is 0.190. The van der Waals surface area contributed by atoms with Crippen LogP contribution in [-0.2, 0) is 12.6 Å². The lowest BCUT2D eigenvalue weighted by molar-refractivity contribution is -0.137. The van der Waals surface area contributed by atoms with E-state index in [1.54, 1.807) is 0 Å². The summed E-state index contributed by atoms with van der Waals surface area (Å²) in [6, 6.07) is 3.51. The molecule has 104 valence electrons. The molecular formula is C13H14F3NOS. The highest BCUT2D eigenvalue weighted by Crippen LogP contribution is 2.33. The second kappa shape index (κ2) is 6.71. The van der Waals surface area contributed by atoms with Crippen LogP contribution in [0.25, 0.3) is 0 Å². The normalized spacial score (nSPS) is 12.8. The molecule has 6 heteroatoms. The maximum atomic E-state index is 12.6. The summed E-state index contributed by atoms with van der Waals surface area (Å²) in [4.78, 5) is 0. The van der Waals surface area contributed by atoms with Crippen molar-refractivity contribution in [3.8, 4) is 11.2 Å². The molecule has 0 aromatic heterocycles. The summed E-state index contributed by atoms with van der Waals surface area (Å²) in [6.07, 6.45) is -3.79. The van der Waals surface area contributed by atoms with Crippen LogP contribution in [0.3, 0.4) is 0 Å². The first-order valence-electron chi connectivity index (χ1n) is 5.63. The predicted molar refractivity (Wildman–Crippen MR) is 68.9 cm³/mol. The van der Waals surface area contributed by atoms with E-state index >= 15 is 0 Å². The van der Waals surface area contributed by atoms with E-state index in [-0.39, 0.29) is 11.7 Å². The molecule has 1 atom stereocenters. The molecule has 0 N–H and O–H groups in total. The smallest absolute Gasteiger partial charge is 0.416 e. The second-order valence-corrected chi connectivity index (χ2v) is 5.04. The molecule has 1 aromatic rings. The first kappa shape index (κ1) is 15.7. The van der Waals surface area contributed by atoms with Gasteiger partial charge in [0, 0.05) is 5.75 Å². The molecule has 0 fully saturated rings. The zero-order valence-electron chi connectivity index (χ0n) is 10.6. The van der Waals surface area contributed by atoms with Gasteiger partial charge in [-0.05, 0) is 41.8 Å². The Morgan fingerprint density at radius 3 is 2.63 bits per heavy atom. The summed E-state index contributed by atoms with van der Waals surface area (Å²) in [6.45, 7) is 1.95. The summed E-state index contributed by atoms with van der Waals surface area (Å²) < 4.78 is 42.7. The van der Waals surface area contributed by atoms with Crippen LogP contribution in [0.2, 0.25) is 0 Å². The number of hydrogen-bond donors (Lipinski definition) is 0. The number of nitriles is 1. The van der Waals surface area contributed by atoms with Crippen molar-refractivity contribution in [2.24, 2.45) is 5.92 Å². The van der Waals surface area contributed by atoms with Crippen LogP contribution < -0.4 is 4.74 Å². The molecule has 0 spiro atoms. The van der Waals surface area contributed by atoms with Gasteiger partial charge in [-0.2, -0.15) is 18.4 Å². The van der Waals surface area contributed by atoms with Crippen LogP contribution in [0.5, 0.6) is 5.75 Å². The predicted octanol–water partition coefficient (Wildman–Crippen LogP) is 4.11. The van der Waals surface area contributed by atoms with E-state index in [4.69, 9.17) is 10.00 Å². The van der Waals surface area contributed by atoms with Crippen molar-refractivity contribution < 1.29 is 17.9 Å². The summed E-state index contributed by atoms with van der Waals surface area (Å²) >= 11 is 1.14. The maximum Gasteiger partial charge on any atom is 0.416 e. The molecule has 0 aliphatic carbocycles. The van der Waals surface area contributed by atoms with Gasteiger partial charge < -0.3 is 4.74 Å². The van der Waals surface area contributed by atoms with Crippen LogP contribution in [-0.4, -0.2) is 12.9 Å². The van der Waals surface area contributed by atoms with Crippen LogP contribution in [0, 0.1) is 16.6 Å². The van der Waals surface area contributed by atoms with Gasteiger partial charge in [-0.15, -0.1) is 0 Å². The number of rotatable bonds is 5.